The summed E-state index contributed by atoms with van der Waals surface area (Å²) in [4.78, 5) is 4.33. The summed E-state index contributed by atoms with van der Waals surface area (Å²) in [7, 11) is 1.60. The van der Waals surface area contributed by atoms with E-state index < -0.39 is 0 Å². The summed E-state index contributed by atoms with van der Waals surface area (Å²) in [6.07, 6.45) is 0. The highest BCUT2D eigenvalue weighted by Crippen LogP contribution is 2.27. The number of hydrogen-bond acceptors (Lipinski definition) is 5. The first-order chi connectivity index (χ1) is 10.8. The minimum absolute atomic E-state index is 0.182. The Hall–Kier alpha value is -2.34. The van der Waals surface area contributed by atoms with E-state index in [4.69, 9.17) is 14.0 Å². The van der Waals surface area contributed by atoms with Crippen molar-refractivity contribution in [2.24, 2.45) is 0 Å². The molecule has 1 heterocycles. The molecule has 0 saturated carbocycles. The fourth-order valence-electron chi connectivity index (χ4n) is 1.94. The summed E-state index contributed by atoms with van der Waals surface area (Å²) in [5, 5.41) is 3.96. The maximum absolute atomic E-state index is 5.66. The van der Waals surface area contributed by atoms with Crippen LogP contribution in [0.5, 0.6) is 11.5 Å². The van der Waals surface area contributed by atoms with Crippen molar-refractivity contribution >= 4 is 15.9 Å². The topological polar surface area (TPSA) is 57.4 Å². The number of methoxy groups -OCH3 is 1. The van der Waals surface area contributed by atoms with Crippen LogP contribution in [-0.2, 0) is 6.61 Å². The predicted molar refractivity (Wildman–Crippen MR) is 84.8 cm³/mol. The second kappa shape index (κ2) is 6.62. The normalized spacial score (nSPS) is 10.5. The molecule has 0 radical (unpaired) electrons. The van der Waals surface area contributed by atoms with E-state index in [0.29, 0.717) is 23.2 Å². The predicted octanol–water partition coefficient (Wildman–Crippen LogP) is 4.09. The van der Waals surface area contributed by atoms with Crippen molar-refractivity contribution in [2.45, 2.75) is 6.61 Å². The van der Waals surface area contributed by atoms with Crippen molar-refractivity contribution in [3.8, 4) is 22.9 Å². The van der Waals surface area contributed by atoms with Crippen molar-refractivity contribution in [3.05, 3.63) is 58.9 Å². The molecule has 2 aromatic carbocycles. The number of rotatable bonds is 5. The fourth-order valence-corrected chi connectivity index (χ4v) is 2.34. The molecule has 6 heteroatoms. The Kier molecular flexibility index (Phi) is 4.39. The number of nitrogens with zero attached hydrogens (tertiary/aromatic N) is 2. The quantitative estimate of drug-likeness (QED) is 0.685. The van der Waals surface area contributed by atoms with E-state index in [2.05, 4.69) is 26.1 Å². The summed E-state index contributed by atoms with van der Waals surface area (Å²) < 4.78 is 17.1. The van der Waals surface area contributed by atoms with Crippen LogP contribution in [0.2, 0.25) is 0 Å². The van der Waals surface area contributed by atoms with Crippen LogP contribution in [-0.4, -0.2) is 17.3 Å². The molecule has 0 aliphatic heterocycles. The molecule has 22 heavy (non-hydrogen) atoms. The van der Waals surface area contributed by atoms with Crippen molar-refractivity contribution in [1.82, 2.24) is 10.1 Å². The van der Waals surface area contributed by atoms with Crippen LogP contribution in [0.15, 0.2) is 57.5 Å². The molecule has 0 bridgehead atoms. The molecule has 3 aromatic rings. The molecule has 0 fully saturated rings. The highest BCUT2D eigenvalue weighted by Gasteiger charge is 2.10. The lowest BCUT2D eigenvalue weighted by Crippen LogP contribution is -1.97. The highest BCUT2D eigenvalue weighted by molar-refractivity contribution is 9.10. The van der Waals surface area contributed by atoms with Gasteiger partial charge >= 0.3 is 0 Å². The Morgan fingerprint density at radius 3 is 2.68 bits per heavy atom. The maximum atomic E-state index is 5.66. The lowest BCUT2D eigenvalue weighted by molar-refractivity contribution is 0.233. The molecule has 1 aromatic heterocycles. The fraction of sp³-hybridized carbons (Fsp3) is 0.125. The van der Waals surface area contributed by atoms with Gasteiger partial charge in [0.25, 0.3) is 5.89 Å². The molecule has 0 atom stereocenters. The van der Waals surface area contributed by atoms with Gasteiger partial charge in [-0.2, -0.15) is 4.98 Å². The summed E-state index contributed by atoms with van der Waals surface area (Å²) in [5.74, 6) is 2.22. The molecular formula is C16H13BrN2O3. The Bertz CT molecular complexity index is 773. The summed E-state index contributed by atoms with van der Waals surface area (Å²) >= 11 is 3.42. The Labute approximate surface area is 136 Å². The zero-order valence-electron chi connectivity index (χ0n) is 11.8. The average Bonchev–Trinajstić information content (AvgIpc) is 3.02. The largest absolute Gasteiger partial charge is 0.493 e. The lowest BCUT2D eigenvalue weighted by Gasteiger charge is -2.07. The lowest BCUT2D eigenvalue weighted by atomic mass is 10.2. The van der Waals surface area contributed by atoms with E-state index in [1.165, 1.54) is 0 Å². The third-order valence-corrected chi connectivity index (χ3v) is 3.46. The first-order valence-corrected chi connectivity index (χ1v) is 7.40. The molecule has 3 rings (SSSR count). The third-order valence-electron chi connectivity index (χ3n) is 2.97. The molecule has 0 unspecified atom stereocenters. The van der Waals surface area contributed by atoms with Gasteiger partial charge in [-0.3, -0.25) is 0 Å². The molecule has 0 saturated heterocycles. The Morgan fingerprint density at radius 2 is 1.91 bits per heavy atom. The van der Waals surface area contributed by atoms with Gasteiger partial charge in [0, 0.05) is 10.0 Å². The zero-order valence-corrected chi connectivity index (χ0v) is 13.4. The number of aromatic nitrogens is 2. The van der Waals surface area contributed by atoms with Crippen molar-refractivity contribution < 1.29 is 14.0 Å². The Balaban J connectivity index is 1.72. The monoisotopic (exact) mass is 360 g/mol. The number of para-hydroxylation sites is 2. The zero-order chi connectivity index (χ0) is 15.4. The summed E-state index contributed by atoms with van der Waals surface area (Å²) in [6, 6.07) is 15.1. The maximum Gasteiger partial charge on any atom is 0.264 e. The first-order valence-electron chi connectivity index (χ1n) is 6.60. The number of hydrogen-bond donors (Lipinski definition) is 0. The van der Waals surface area contributed by atoms with E-state index in [0.717, 1.165) is 10.0 Å². The molecule has 0 spiro atoms. The molecule has 0 N–H and O–H groups in total. The van der Waals surface area contributed by atoms with Gasteiger partial charge in [0.05, 0.1) is 7.11 Å². The molecule has 112 valence electrons. The van der Waals surface area contributed by atoms with Gasteiger partial charge in [0.1, 0.15) is 0 Å². The summed E-state index contributed by atoms with van der Waals surface area (Å²) in [6.45, 7) is 0.182. The highest BCUT2D eigenvalue weighted by atomic mass is 79.9. The molecular weight excluding hydrogens is 348 g/mol. The second-order valence-electron chi connectivity index (χ2n) is 4.46. The van der Waals surface area contributed by atoms with Crippen LogP contribution >= 0.6 is 15.9 Å². The van der Waals surface area contributed by atoms with Gasteiger partial charge in [0.2, 0.25) is 5.82 Å². The van der Waals surface area contributed by atoms with Crippen LogP contribution < -0.4 is 9.47 Å². The standard InChI is InChI=1S/C16H13BrN2O3/c1-20-13-7-2-3-8-14(13)21-10-15-18-16(19-22-15)11-5-4-6-12(17)9-11/h2-9H,10H2,1H3. The number of ether oxygens (including phenoxy) is 2. The third kappa shape index (κ3) is 3.28. The molecule has 0 aliphatic carbocycles. The minimum atomic E-state index is 0.182. The van der Waals surface area contributed by atoms with E-state index in [-0.39, 0.29) is 6.61 Å². The van der Waals surface area contributed by atoms with Crippen LogP contribution in [0, 0.1) is 0 Å². The van der Waals surface area contributed by atoms with Crippen molar-refractivity contribution in [3.63, 3.8) is 0 Å². The summed E-state index contributed by atoms with van der Waals surface area (Å²) in [5.41, 5.74) is 0.877. The molecule has 0 aliphatic rings. The van der Waals surface area contributed by atoms with E-state index in [1.807, 2.05) is 48.5 Å². The SMILES string of the molecule is COc1ccccc1OCc1nc(-c2cccc(Br)c2)no1. The van der Waals surface area contributed by atoms with Gasteiger partial charge < -0.3 is 14.0 Å². The van der Waals surface area contributed by atoms with E-state index in [1.54, 1.807) is 7.11 Å². The number of benzene rings is 2. The number of halogens is 1. The van der Waals surface area contributed by atoms with Crippen LogP contribution in [0.25, 0.3) is 11.4 Å². The van der Waals surface area contributed by atoms with Gasteiger partial charge in [-0.15, -0.1) is 0 Å². The van der Waals surface area contributed by atoms with Gasteiger partial charge in [-0.25, -0.2) is 0 Å². The molecule has 0 amide bonds. The first kappa shape index (κ1) is 14.6. The van der Waals surface area contributed by atoms with Gasteiger partial charge in [-0.1, -0.05) is 45.4 Å². The Morgan fingerprint density at radius 1 is 1.09 bits per heavy atom. The molecule has 5 nitrogen and oxygen atoms in total. The van der Waals surface area contributed by atoms with Gasteiger partial charge in [0.15, 0.2) is 18.1 Å². The van der Waals surface area contributed by atoms with Crippen LogP contribution in [0.3, 0.4) is 0 Å². The smallest absolute Gasteiger partial charge is 0.264 e. The second-order valence-corrected chi connectivity index (χ2v) is 5.38. The van der Waals surface area contributed by atoms with Crippen LogP contribution in [0.1, 0.15) is 5.89 Å². The van der Waals surface area contributed by atoms with E-state index in [9.17, 15) is 0 Å². The van der Waals surface area contributed by atoms with Gasteiger partial charge in [-0.05, 0) is 24.3 Å². The average molecular weight is 361 g/mol. The minimum Gasteiger partial charge on any atom is -0.493 e. The van der Waals surface area contributed by atoms with Crippen molar-refractivity contribution in [1.29, 1.82) is 0 Å². The van der Waals surface area contributed by atoms with Crippen LogP contribution in [0.4, 0.5) is 0 Å². The van der Waals surface area contributed by atoms with Crippen molar-refractivity contribution in [2.75, 3.05) is 7.11 Å². The van der Waals surface area contributed by atoms with E-state index >= 15 is 0 Å².